The van der Waals surface area contributed by atoms with Crippen molar-refractivity contribution in [3.8, 4) is 0 Å². The zero-order chi connectivity index (χ0) is 16.9. The predicted molar refractivity (Wildman–Crippen MR) is 86.9 cm³/mol. The number of pyridine rings is 1. The van der Waals surface area contributed by atoms with Crippen molar-refractivity contribution in [2.24, 2.45) is 5.92 Å². The van der Waals surface area contributed by atoms with Gasteiger partial charge in [0.05, 0.1) is 5.92 Å². The average molecular weight is 330 g/mol. The molecule has 7 heteroatoms. The van der Waals surface area contributed by atoms with Crippen LogP contribution in [0.15, 0.2) is 24.5 Å². The number of fused-ring (bicyclic) bond motifs is 1. The highest BCUT2D eigenvalue weighted by molar-refractivity contribution is 6.01. The molecule has 1 aromatic heterocycles. The van der Waals surface area contributed by atoms with Crippen LogP contribution < -0.4 is 10.6 Å². The van der Waals surface area contributed by atoms with Gasteiger partial charge >= 0.3 is 6.03 Å². The van der Waals surface area contributed by atoms with E-state index in [9.17, 15) is 14.4 Å². The molecular weight excluding hydrogens is 308 g/mol. The number of carbonyl (C=O) groups excluding carboxylic acids is 3. The van der Waals surface area contributed by atoms with E-state index in [1.165, 1.54) is 0 Å². The lowest BCUT2D eigenvalue weighted by atomic mass is 9.82. The van der Waals surface area contributed by atoms with Gasteiger partial charge in [0.1, 0.15) is 6.54 Å². The van der Waals surface area contributed by atoms with Gasteiger partial charge < -0.3 is 10.6 Å². The molecule has 1 aromatic rings. The van der Waals surface area contributed by atoms with Gasteiger partial charge in [-0.2, -0.15) is 0 Å². The molecule has 2 heterocycles. The summed E-state index contributed by atoms with van der Waals surface area (Å²) >= 11 is 0. The van der Waals surface area contributed by atoms with Crippen molar-refractivity contribution in [2.45, 2.75) is 38.1 Å². The Morgan fingerprint density at radius 2 is 2.00 bits per heavy atom. The third kappa shape index (κ3) is 3.72. The van der Waals surface area contributed by atoms with Crippen LogP contribution in [0.25, 0.3) is 0 Å². The summed E-state index contributed by atoms with van der Waals surface area (Å²) in [5.74, 6) is -0.712. The van der Waals surface area contributed by atoms with Gasteiger partial charge in [0.2, 0.25) is 11.8 Å². The van der Waals surface area contributed by atoms with Gasteiger partial charge in [-0.05, 0) is 37.0 Å². The fraction of sp³-hybridized carbons (Fsp3) is 0.529. The van der Waals surface area contributed by atoms with Gasteiger partial charge in [-0.25, -0.2) is 4.79 Å². The predicted octanol–water partition coefficient (Wildman–Crippen LogP) is 0.851. The van der Waals surface area contributed by atoms with Gasteiger partial charge in [0.25, 0.3) is 0 Å². The Balaban J connectivity index is 1.50. The number of carbonyl (C=O) groups is 3. The molecule has 128 valence electrons. The number of hydrogen-bond donors (Lipinski definition) is 2. The minimum Gasteiger partial charge on any atom is -0.354 e. The molecular formula is C17H22N4O3. The molecule has 1 aliphatic carbocycles. The maximum atomic E-state index is 12.5. The second-order valence-electron chi connectivity index (χ2n) is 6.33. The minimum absolute atomic E-state index is 0.0650. The van der Waals surface area contributed by atoms with Gasteiger partial charge in [0.15, 0.2) is 0 Å². The fourth-order valence-electron chi connectivity index (χ4n) is 3.38. The number of nitrogens with zero attached hydrogens (tertiary/aromatic N) is 2. The van der Waals surface area contributed by atoms with E-state index in [0.717, 1.165) is 36.1 Å². The molecule has 24 heavy (non-hydrogen) atoms. The first-order valence-electron chi connectivity index (χ1n) is 8.42. The van der Waals surface area contributed by atoms with Crippen molar-refractivity contribution >= 4 is 17.8 Å². The summed E-state index contributed by atoms with van der Waals surface area (Å²) < 4.78 is 0. The first kappa shape index (κ1) is 16.4. The molecule has 1 aliphatic heterocycles. The smallest absolute Gasteiger partial charge is 0.324 e. The summed E-state index contributed by atoms with van der Waals surface area (Å²) in [6.45, 7) is 0.239. The van der Waals surface area contributed by atoms with E-state index in [1.807, 2.05) is 12.1 Å². The Hall–Kier alpha value is -2.44. The van der Waals surface area contributed by atoms with E-state index in [4.69, 9.17) is 0 Å². The van der Waals surface area contributed by atoms with E-state index in [2.05, 4.69) is 15.6 Å². The number of amides is 4. The van der Waals surface area contributed by atoms with Crippen LogP contribution in [0.3, 0.4) is 0 Å². The molecule has 2 N–H and O–H groups in total. The van der Waals surface area contributed by atoms with Crippen molar-refractivity contribution in [3.63, 3.8) is 0 Å². The van der Waals surface area contributed by atoms with E-state index in [1.54, 1.807) is 12.4 Å². The second-order valence-corrected chi connectivity index (χ2v) is 6.33. The van der Waals surface area contributed by atoms with E-state index in [-0.39, 0.29) is 30.3 Å². The Morgan fingerprint density at radius 3 is 2.79 bits per heavy atom. The van der Waals surface area contributed by atoms with Crippen molar-refractivity contribution in [2.75, 3.05) is 13.1 Å². The Morgan fingerprint density at radius 1 is 1.25 bits per heavy atom. The quantitative estimate of drug-likeness (QED) is 0.837. The SMILES string of the molecule is O=C(CN1C(=O)NC2CCCCC2C1=O)NCCc1ccncc1. The van der Waals surface area contributed by atoms with Crippen molar-refractivity contribution in [3.05, 3.63) is 30.1 Å². The third-order valence-electron chi connectivity index (χ3n) is 4.69. The highest BCUT2D eigenvalue weighted by atomic mass is 16.2. The van der Waals surface area contributed by atoms with Crippen molar-refractivity contribution in [1.82, 2.24) is 20.5 Å². The molecule has 0 bridgehead atoms. The zero-order valence-corrected chi connectivity index (χ0v) is 13.5. The lowest BCUT2D eigenvalue weighted by Crippen LogP contribution is -2.62. The van der Waals surface area contributed by atoms with Crippen LogP contribution in [0.4, 0.5) is 4.79 Å². The standard InChI is InChI=1S/C17H22N4O3/c22-15(19-10-7-12-5-8-18-9-6-12)11-21-16(23)13-3-1-2-4-14(13)20-17(21)24/h5-6,8-9,13-14H,1-4,7,10-11H2,(H,19,22)(H,20,24). The molecule has 0 radical (unpaired) electrons. The number of nitrogens with one attached hydrogen (secondary N) is 2. The average Bonchev–Trinajstić information content (AvgIpc) is 2.59. The second kappa shape index (κ2) is 7.42. The maximum Gasteiger partial charge on any atom is 0.324 e. The van der Waals surface area contributed by atoms with Crippen molar-refractivity contribution in [1.29, 1.82) is 0 Å². The summed E-state index contributed by atoms with van der Waals surface area (Å²) in [6, 6.07) is 3.26. The number of urea groups is 1. The topological polar surface area (TPSA) is 91.4 Å². The number of hydrogen-bond acceptors (Lipinski definition) is 4. The minimum atomic E-state index is -0.451. The Kier molecular flexibility index (Phi) is 5.08. The summed E-state index contributed by atoms with van der Waals surface area (Å²) in [4.78, 5) is 41.6. The zero-order valence-electron chi connectivity index (χ0n) is 13.5. The van der Waals surface area contributed by atoms with Gasteiger partial charge in [-0.15, -0.1) is 0 Å². The Labute approximate surface area is 140 Å². The largest absolute Gasteiger partial charge is 0.354 e. The summed E-state index contributed by atoms with van der Waals surface area (Å²) in [7, 11) is 0. The molecule has 0 spiro atoms. The number of rotatable bonds is 5. The van der Waals surface area contributed by atoms with Crippen LogP contribution in [0, 0.1) is 5.92 Å². The van der Waals surface area contributed by atoms with Gasteiger partial charge in [0, 0.05) is 25.0 Å². The lowest BCUT2D eigenvalue weighted by Gasteiger charge is -2.39. The highest BCUT2D eigenvalue weighted by Gasteiger charge is 2.42. The van der Waals surface area contributed by atoms with Gasteiger partial charge in [-0.3, -0.25) is 19.5 Å². The molecule has 2 unspecified atom stereocenters. The van der Waals surface area contributed by atoms with E-state index in [0.29, 0.717) is 13.0 Å². The van der Waals surface area contributed by atoms with Crippen LogP contribution >= 0.6 is 0 Å². The number of imide groups is 1. The van der Waals surface area contributed by atoms with Crippen LogP contribution in [0.1, 0.15) is 31.2 Å². The van der Waals surface area contributed by atoms with Crippen LogP contribution in [-0.2, 0) is 16.0 Å². The molecule has 0 aromatic carbocycles. The third-order valence-corrected chi connectivity index (χ3v) is 4.69. The normalized spacial score (nSPS) is 23.4. The molecule has 1 saturated heterocycles. The van der Waals surface area contributed by atoms with E-state index < -0.39 is 6.03 Å². The number of aromatic nitrogens is 1. The summed E-state index contributed by atoms with van der Waals surface area (Å²) in [6.07, 6.45) is 7.74. The molecule has 1 saturated carbocycles. The fourth-order valence-corrected chi connectivity index (χ4v) is 3.38. The molecule has 7 nitrogen and oxygen atoms in total. The molecule has 2 fully saturated rings. The van der Waals surface area contributed by atoms with Crippen molar-refractivity contribution < 1.29 is 14.4 Å². The van der Waals surface area contributed by atoms with Crippen LogP contribution in [0.2, 0.25) is 0 Å². The van der Waals surface area contributed by atoms with Gasteiger partial charge in [-0.1, -0.05) is 12.8 Å². The summed E-state index contributed by atoms with van der Waals surface area (Å²) in [5, 5.41) is 5.62. The maximum absolute atomic E-state index is 12.5. The van der Waals surface area contributed by atoms with E-state index >= 15 is 0 Å². The first-order valence-corrected chi connectivity index (χ1v) is 8.42. The monoisotopic (exact) mass is 330 g/mol. The lowest BCUT2D eigenvalue weighted by molar-refractivity contribution is -0.139. The van der Waals surface area contributed by atoms with Crippen LogP contribution in [-0.4, -0.2) is 46.9 Å². The highest BCUT2D eigenvalue weighted by Crippen LogP contribution is 2.29. The molecule has 4 amide bonds. The first-order chi connectivity index (χ1) is 11.6. The molecule has 2 atom stereocenters. The Bertz CT molecular complexity index is 620. The molecule has 3 rings (SSSR count). The summed E-state index contributed by atoms with van der Waals surface area (Å²) in [5.41, 5.74) is 1.07. The van der Waals surface area contributed by atoms with Crippen LogP contribution in [0.5, 0.6) is 0 Å². The molecule has 2 aliphatic rings.